The molecule has 1 aromatic carbocycles. The molecule has 1 fully saturated rings. The van der Waals surface area contributed by atoms with Crippen LogP contribution in [0.15, 0.2) is 30.3 Å². The van der Waals surface area contributed by atoms with Crippen LogP contribution < -0.4 is 5.32 Å². The number of esters is 1. The van der Waals surface area contributed by atoms with E-state index in [2.05, 4.69) is 5.32 Å². The van der Waals surface area contributed by atoms with Gasteiger partial charge in [-0.3, -0.25) is 9.59 Å². The van der Waals surface area contributed by atoms with Gasteiger partial charge < -0.3 is 19.7 Å². The van der Waals surface area contributed by atoms with Gasteiger partial charge >= 0.3 is 12.1 Å². The zero-order valence-corrected chi connectivity index (χ0v) is 13.0. The largest absolute Gasteiger partial charge is 0.465 e. The van der Waals surface area contributed by atoms with Crippen LogP contribution in [0, 0.1) is 0 Å². The molecule has 0 unspecified atom stereocenters. The van der Waals surface area contributed by atoms with Crippen molar-refractivity contribution in [3.63, 3.8) is 0 Å². The third-order valence-corrected chi connectivity index (χ3v) is 3.43. The van der Waals surface area contributed by atoms with Gasteiger partial charge in [0.2, 0.25) is 5.91 Å². The van der Waals surface area contributed by atoms with E-state index in [0.29, 0.717) is 13.0 Å². The molecular weight excluding hydrogens is 300 g/mol. The number of hydrogen-bond donors (Lipinski definition) is 1. The minimum absolute atomic E-state index is 0.0933. The molecule has 7 heteroatoms. The Labute approximate surface area is 134 Å². The van der Waals surface area contributed by atoms with Crippen LogP contribution >= 0.6 is 0 Å². The average Bonchev–Trinajstić information content (AvgIpc) is 2.87. The van der Waals surface area contributed by atoms with Crippen LogP contribution in [0.3, 0.4) is 0 Å². The van der Waals surface area contributed by atoms with Crippen molar-refractivity contribution in [2.45, 2.75) is 26.0 Å². The molecule has 124 valence electrons. The van der Waals surface area contributed by atoms with E-state index in [1.807, 2.05) is 30.3 Å². The number of nitrogens with zero attached hydrogens (tertiary/aromatic N) is 1. The van der Waals surface area contributed by atoms with Crippen molar-refractivity contribution in [3.8, 4) is 0 Å². The van der Waals surface area contributed by atoms with Gasteiger partial charge in [-0.05, 0) is 18.9 Å². The van der Waals surface area contributed by atoms with Gasteiger partial charge in [-0.15, -0.1) is 0 Å². The number of amides is 2. The fourth-order valence-corrected chi connectivity index (χ4v) is 2.30. The zero-order valence-electron chi connectivity index (χ0n) is 13.0. The second kappa shape index (κ2) is 8.17. The first-order valence-electron chi connectivity index (χ1n) is 7.51. The van der Waals surface area contributed by atoms with Gasteiger partial charge in [-0.25, -0.2) is 4.79 Å². The molecule has 1 heterocycles. The predicted octanol–water partition coefficient (Wildman–Crippen LogP) is 1.08. The molecule has 1 aliphatic rings. The minimum Gasteiger partial charge on any atom is -0.465 e. The summed E-state index contributed by atoms with van der Waals surface area (Å²) < 4.78 is 9.89. The number of carbonyl (C=O) groups is 3. The summed E-state index contributed by atoms with van der Waals surface area (Å²) in [6, 6.07) is 8.60. The first kappa shape index (κ1) is 16.8. The smallest absolute Gasteiger partial charge is 0.408 e. The van der Waals surface area contributed by atoms with E-state index in [9.17, 15) is 14.4 Å². The van der Waals surface area contributed by atoms with Crippen molar-refractivity contribution in [1.82, 2.24) is 10.2 Å². The van der Waals surface area contributed by atoms with E-state index in [-0.39, 0.29) is 25.7 Å². The predicted molar refractivity (Wildman–Crippen MR) is 81.4 cm³/mol. The molecule has 1 aliphatic heterocycles. The Morgan fingerprint density at radius 1 is 1.26 bits per heavy atom. The number of carbonyl (C=O) groups excluding carboxylic acids is 3. The van der Waals surface area contributed by atoms with Crippen molar-refractivity contribution >= 4 is 18.0 Å². The Balaban J connectivity index is 1.76. The van der Waals surface area contributed by atoms with Crippen LogP contribution in [0.4, 0.5) is 4.79 Å². The molecule has 23 heavy (non-hydrogen) atoms. The molecule has 2 amide bonds. The molecule has 1 aromatic rings. The summed E-state index contributed by atoms with van der Waals surface area (Å²) in [6.45, 7) is 2.43. The summed E-state index contributed by atoms with van der Waals surface area (Å²) >= 11 is 0. The van der Waals surface area contributed by atoms with Crippen molar-refractivity contribution in [3.05, 3.63) is 35.9 Å². The summed E-state index contributed by atoms with van der Waals surface area (Å²) in [5.41, 5.74) is 0.865. The van der Waals surface area contributed by atoms with Crippen molar-refractivity contribution in [2.24, 2.45) is 0 Å². The first-order chi connectivity index (χ1) is 11.1. The van der Waals surface area contributed by atoms with Crippen LogP contribution in [0.2, 0.25) is 0 Å². The molecule has 7 nitrogen and oxygen atoms in total. The molecular formula is C16H20N2O5. The quantitative estimate of drug-likeness (QED) is 0.793. The van der Waals surface area contributed by atoms with E-state index in [1.54, 1.807) is 6.92 Å². The number of alkyl carbamates (subject to hydrolysis) is 1. The summed E-state index contributed by atoms with van der Waals surface area (Å²) in [6.07, 6.45) is -0.205. The molecule has 2 rings (SSSR count). The summed E-state index contributed by atoms with van der Waals surface area (Å²) in [5, 5.41) is 2.53. The summed E-state index contributed by atoms with van der Waals surface area (Å²) in [4.78, 5) is 36.6. The van der Waals surface area contributed by atoms with Gasteiger partial charge in [0, 0.05) is 6.54 Å². The van der Waals surface area contributed by atoms with E-state index in [0.717, 1.165) is 5.56 Å². The van der Waals surface area contributed by atoms with Crippen LogP contribution in [0.5, 0.6) is 0 Å². The fourth-order valence-electron chi connectivity index (χ4n) is 2.30. The van der Waals surface area contributed by atoms with Crippen molar-refractivity contribution < 1.29 is 23.9 Å². The number of nitrogens with one attached hydrogen (secondary N) is 1. The molecule has 1 saturated heterocycles. The van der Waals surface area contributed by atoms with Crippen molar-refractivity contribution in [1.29, 1.82) is 0 Å². The maximum Gasteiger partial charge on any atom is 0.408 e. The summed E-state index contributed by atoms with van der Waals surface area (Å²) in [7, 11) is 0. The first-order valence-corrected chi connectivity index (χ1v) is 7.51. The standard InChI is InChI=1S/C16H20N2O5/c1-2-22-14(19)10-18-9-8-13(15(18)20)17-16(21)23-11-12-6-4-3-5-7-12/h3-7,13H,2,8-11H2,1H3,(H,17,21)/t13-/m0/s1. The second-order valence-electron chi connectivity index (χ2n) is 5.11. The molecule has 0 aliphatic carbocycles. The number of hydrogen-bond acceptors (Lipinski definition) is 5. The Morgan fingerprint density at radius 3 is 2.70 bits per heavy atom. The Hall–Kier alpha value is -2.57. The highest BCUT2D eigenvalue weighted by molar-refractivity contribution is 5.90. The van der Waals surface area contributed by atoms with Crippen LogP contribution in [-0.4, -0.2) is 48.6 Å². The number of rotatable bonds is 6. The van der Waals surface area contributed by atoms with Crippen LogP contribution in [0.25, 0.3) is 0 Å². The van der Waals surface area contributed by atoms with Gasteiger partial charge in [0.1, 0.15) is 19.2 Å². The highest BCUT2D eigenvalue weighted by atomic mass is 16.5. The number of benzene rings is 1. The van der Waals surface area contributed by atoms with E-state index in [4.69, 9.17) is 9.47 Å². The maximum atomic E-state index is 12.1. The number of ether oxygens (including phenoxy) is 2. The van der Waals surface area contributed by atoms with Crippen LogP contribution in [0.1, 0.15) is 18.9 Å². The average molecular weight is 320 g/mol. The Morgan fingerprint density at radius 2 is 2.00 bits per heavy atom. The lowest BCUT2D eigenvalue weighted by Gasteiger charge is -2.16. The Bertz CT molecular complexity index is 561. The minimum atomic E-state index is -0.660. The van der Waals surface area contributed by atoms with Gasteiger partial charge in [0.15, 0.2) is 0 Å². The lowest BCUT2D eigenvalue weighted by atomic mass is 10.2. The topological polar surface area (TPSA) is 84.9 Å². The fraction of sp³-hybridized carbons (Fsp3) is 0.438. The molecule has 0 spiro atoms. The second-order valence-corrected chi connectivity index (χ2v) is 5.11. The zero-order chi connectivity index (χ0) is 16.7. The molecule has 1 N–H and O–H groups in total. The number of likely N-dealkylation sites (tertiary alicyclic amines) is 1. The third kappa shape index (κ3) is 4.98. The van der Waals surface area contributed by atoms with Gasteiger partial charge in [-0.1, -0.05) is 30.3 Å². The molecule has 0 radical (unpaired) electrons. The van der Waals surface area contributed by atoms with Crippen molar-refractivity contribution in [2.75, 3.05) is 19.7 Å². The monoisotopic (exact) mass is 320 g/mol. The summed E-state index contributed by atoms with van der Waals surface area (Å²) in [5.74, 6) is -0.747. The van der Waals surface area contributed by atoms with E-state index < -0.39 is 18.1 Å². The van der Waals surface area contributed by atoms with Gasteiger partial charge in [0.25, 0.3) is 0 Å². The lowest BCUT2D eigenvalue weighted by molar-refractivity contribution is -0.147. The third-order valence-electron chi connectivity index (χ3n) is 3.43. The molecule has 0 saturated carbocycles. The normalized spacial score (nSPS) is 17.0. The molecule has 1 atom stereocenters. The van der Waals surface area contributed by atoms with Crippen LogP contribution in [-0.2, 0) is 25.7 Å². The van der Waals surface area contributed by atoms with Gasteiger partial charge in [0.05, 0.1) is 6.61 Å². The van der Waals surface area contributed by atoms with E-state index in [1.165, 1.54) is 4.90 Å². The highest BCUT2D eigenvalue weighted by Gasteiger charge is 2.34. The van der Waals surface area contributed by atoms with Gasteiger partial charge in [-0.2, -0.15) is 0 Å². The maximum absolute atomic E-state index is 12.1. The van der Waals surface area contributed by atoms with E-state index >= 15 is 0 Å². The lowest BCUT2D eigenvalue weighted by Crippen LogP contribution is -2.43. The Kier molecular flexibility index (Phi) is 5.96. The SMILES string of the molecule is CCOC(=O)CN1CC[C@H](NC(=O)OCc2ccccc2)C1=O. The molecule has 0 aromatic heterocycles. The molecule has 0 bridgehead atoms. The highest BCUT2D eigenvalue weighted by Crippen LogP contribution is 2.11.